The van der Waals surface area contributed by atoms with Crippen molar-refractivity contribution in [3.63, 3.8) is 0 Å². The molecule has 0 aromatic heterocycles. The molecule has 1 atom stereocenters. The lowest BCUT2D eigenvalue weighted by Crippen LogP contribution is -2.40. The van der Waals surface area contributed by atoms with Crippen LogP contribution in [0.1, 0.15) is 39.9 Å². The van der Waals surface area contributed by atoms with Gasteiger partial charge in [-0.15, -0.1) is 0 Å². The van der Waals surface area contributed by atoms with Crippen LogP contribution < -0.4 is 4.84 Å². The van der Waals surface area contributed by atoms with Gasteiger partial charge in [0.1, 0.15) is 0 Å². The third-order valence-electron chi connectivity index (χ3n) is 4.99. The molecule has 0 radical (unpaired) electrons. The van der Waals surface area contributed by atoms with E-state index in [0.29, 0.717) is 17.9 Å². The van der Waals surface area contributed by atoms with Crippen molar-refractivity contribution >= 4 is 17.8 Å². The van der Waals surface area contributed by atoms with Crippen molar-refractivity contribution in [3.05, 3.63) is 107 Å². The molecule has 29 heavy (non-hydrogen) atoms. The molecule has 0 bridgehead atoms. The van der Waals surface area contributed by atoms with Crippen LogP contribution in [0.2, 0.25) is 0 Å². The highest BCUT2D eigenvalue weighted by Crippen LogP contribution is 2.35. The maximum atomic E-state index is 12.7. The number of rotatable bonds is 5. The molecule has 0 saturated heterocycles. The second-order valence-corrected chi connectivity index (χ2v) is 7.03. The van der Waals surface area contributed by atoms with Gasteiger partial charge in [-0.3, -0.25) is 9.59 Å². The molecule has 0 aliphatic carbocycles. The topological polar surface area (TPSA) is 46.6 Å². The summed E-state index contributed by atoms with van der Waals surface area (Å²) in [5, 5.41) is 1.37. The number of hydroxylamine groups is 2. The maximum Gasteiger partial charge on any atom is 0.262 e. The van der Waals surface area contributed by atoms with Gasteiger partial charge in [0.05, 0.1) is 12.5 Å². The highest BCUT2D eigenvalue weighted by atomic mass is 16.7. The first-order valence-corrected chi connectivity index (χ1v) is 9.56. The Labute approximate surface area is 170 Å². The summed E-state index contributed by atoms with van der Waals surface area (Å²) in [7, 11) is 0. The lowest BCUT2D eigenvalue weighted by molar-refractivity contribution is -0.164. The lowest BCUT2D eigenvalue weighted by atomic mass is 9.95. The van der Waals surface area contributed by atoms with Gasteiger partial charge in [0.2, 0.25) is 0 Å². The van der Waals surface area contributed by atoms with Gasteiger partial charge in [0.25, 0.3) is 5.91 Å². The predicted octanol–water partition coefficient (Wildman–Crippen LogP) is 5.02. The van der Waals surface area contributed by atoms with Crippen molar-refractivity contribution in [2.24, 2.45) is 0 Å². The summed E-state index contributed by atoms with van der Waals surface area (Å²) in [4.78, 5) is 31.2. The molecular weight excluding hydrogens is 362 g/mol. The molecule has 1 unspecified atom stereocenters. The Morgan fingerprint density at radius 1 is 1.00 bits per heavy atom. The number of benzene rings is 3. The Morgan fingerprint density at radius 3 is 2.41 bits per heavy atom. The van der Waals surface area contributed by atoms with Crippen LogP contribution in [0, 0.1) is 0 Å². The summed E-state index contributed by atoms with van der Waals surface area (Å²) in [5.74, 6) is 0.0160. The summed E-state index contributed by atoms with van der Waals surface area (Å²) in [6.07, 6.45) is 3.34. The van der Waals surface area contributed by atoms with Crippen molar-refractivity contribution in [1.82, 2.24) is 5.06 Å². The first-order valence-electron chi connectivity index (χ1n) is 9.56. The number of hydrogen-bond acceptors (Lipinski definition) is 3. The predicted molar refractivity (Wildman–Crippen MR) is 112 cm³/mol. The van der Waals surface area contributed by atoms with Crippen LogP contribution in [0.4, 0.5) is 0 Å². The molecule has 1 heterocycles. The van der Waals surface area contributed by atoms with Crippen LogP contribution in [-0.4, -0.2) is 16.8 Å². The van der Waals surface area contributed by atoms with Crippen molar-refractivity contribution in [2.45, 2.75) is 19.4 Å². The molecule has 0 spiro atoms. The Morgan fingerprint density at radius 2 is 1.69 bits per heavy atom. The molecule has 1 aliphatic heterocycles. The van der Waals surface area contributed by atoms with E-state index < -0.39 is 0 Å². The minimum Gasteiger partial charge on any atom is -0.376 e. The number of carbonyl (C=O) groups excluding carboxylic acids is 2. The highest BCUT2D eigenvalue weighted by Gasteiger charge is 2.32. The molecule has 1 amide bonds. The summed E-state index contributed by atoms with van der Waals surface area (Å²) in [6, 6.07) is 24.6. The van der Waals surface area contributed by atoms with E-state index in [1.807, 2.05) is 67.6 Å². The van der Waals surface area contributed by atoms with Crippen molar-refractivity contribution in [2.75, 3.05) is 0 Å². The molecular formula is C25H21NO3. The fourth-order valence-corrected chi connectivity index (χ4v) is 3.33. The quantitative estimate of drug-likeness (QED) is 0.459. The second kappa shape index (κ2) is 8.15. The maximum absolute atomic E-state index is 12.7. The first kappa shape index (κ1) is 18.7. The smallest absolute Gasteiger partial charge is 0.262 e. The highest BCUT2D eigenvalue weighted by molar-refractivity contribution is 6.07. The molecule has 0 fully saturated rings. The number of hydrogen-bond donors (Lipinski definition) is 0. The molecule has 1 aliphatic rings. The van der Waals surface area contributed by atoms with E-state index >= 15 is 0 Å². The fraction of sp³-hybridized carbons (Fsp3) is 0.120. The average Bonchev–Trinajstić information content (AvgIpc) is 2.76. The van der Waals surface area contributed by atoms with Crippen LogP contribution in [0.3, 0.4) is 0 Å². The molecule has 4 heteroatoms. The van der Waals surface area contributed by atoms with Gasteiger partial charge < -0.3 is 4.84 Å². The van der Waals surface area contributed by atoms with E-state index in [1.165, 1.54) is 5.06 Å². The summed E-state index contributed by atoms with van der Waals surface area (Å²) in [6.45, 7) is 2.22. The van der Waals surface area contributed by atoms with E-state index in [0.717, 1.165) is 16.7 Å². The first-order chi connectivity index (χ1) is 14.1. The Bertz CT molecular complexity index is 1060. The van der Waals surface area contributed by atoms with Gasteiger partial charge in [0.15, 0.2) is 11.5 Å². The van der Waals surface area contributed by atoms with E-state index in [4.69, 9.17) is 4.84 Å². The molecule has 3 aromatic carbocycles. The number of fused-ring (bicyclic) bond motifs is 1. The summed E-state index contributed by atoms with van der Waals surface area (Å²) >= 11 is 0. The SMILES string of the molecule is CC1C(=O)N(Cc2ccccc2)Oc2cc(C(=O)/C=C/c3ccccc3)ccc21. The standard InChI is InChI=1S/C25H21NO3/c1-18-22-14-13-21(23(27)15-12-19-8-4-2-5-9-19)16-24(22)29-26(25(18)28)17-20-10-6-3-7-11-20/h2-16,18H,17H2,1H3/b15-12+. The van der Waals surface area contributed by atoms with Crippen molar-refractivity contribution in [1.29, 1.82) is 0 Å². The average molecular weight is 383 g/mol. The number of carbonyl (C=O) groups is 2. The van der Waals surface area contributed by atoms with Crippen molar-refractivity contribution in [3.8, 4) is 5.75 Å². The van der Waals surface area contributed by atoms with Crippen LogP contribution in [-0.2, 0) is 11.3 Å². The zero-order chi connectivity index (χ0) is 20.2. The minimum atomic E-state index is -0.327. The zero-order valence-electron chi connectivity index (χ0n) is 16.1. The number of ketones is 1. The van der Waals surface area contributed by atoms with Gasteiger partial charge >= 0.3 is 0 Å². The molecule has 4 nitrogen and oxygen atoms in total. The Hall–Kier alpha value is -3.66. The monoisotopic (exact) mass is 383 g/mol. The van der Waals surface area contributed by atoms with Crippen LogP contribution >= 0.6 is 0 Å². The summed E-state index contributed by atoms with van der Waals surface area (Å²) in [5.41, 5.74) is 3.26. The summed E-state index contributed by atoms with van der Waals surface area (Å²) < 4.78 is 0. The second-order valence-electron chi connectivity index (χ2n) is 7.03. The van der Waals surface area contributed by atoms with Crippen molar-refractivity contribution < 1.29 is 14.4 Å². The number of nitrogens with zero attached hydrogens (tertiary/aromatic N) is 1. The van der Waals surface area contributed by atoms with Gasteiger partial charge in [-0.2, -0.15) is 5.06 Å². The zero-order valence-corrected chi connectivity index (χ0v) is 16.1. The third kappa shape index (κ3) is 4.11. The largest absolute Gasteiger partial charge is 0.376 e. The molecule has 0 N–H and O–H groups in total. The number of allylic oxidation sites excluding steroid dienone is 1. The number of amides is 1. The molecule has 0 saturated carbocycles. The molecule has 4 rings (SSSR count). The van der Waals surface area contributed by atoms with E-state index in [2.05, 4.69) is 0 Å². The van der Waals surface area contributed by atoms with Gasteiger partial charge in [0, 0.05) is 11.1 Å². The van der Waals surface area contributed by atoms with Gasteiger partial charge in [-0.25, -0.2) is 0 Å². The lowest BCUT2D eigenvalue weighted by Gasteiger charge is -2.32. The van der Waals surface area contributed by atoms with Gasteiger partial charge in [-0.05, 0) is 30.2 Å². The fourth-order valence-electron chi connectivity index (χ4n) is 3.33. The molecule has 3 aromatic rings. The molecule has 144 valence electrons. The third-order valence-corrected chi connectivity index (χ3v) is 4.99. The van der Waals surface area contributed by atoms with Crippen LogP contribution in [0.25, 0.3) is 6.08 Å². The minimum absolute atomic E-state index is 0.0931. The van der Waals surface area contributed by atoms with E-state index in [-0.39, 0.29) is 17.6 Å². The van der Waals surface area contributed by atoms with E-state index in [9.17, 15) is 9.59 Å². The Balaban J connectivity index is 1.56. The van der Waals surface area contributed by atoms with Gasteiger partial charge in [-0.1, -0.05) is 78.9 Å². The van der Waals surface area contributed by atoms with E-state index in [1.54, 1.807) is 30.4 Å². The van der Waals surface area contributed by atoms with Crippen LogP contribution in [0.15, 0.2) is 84.9 Å². The normalized spacial score (nSPS) is 15.8. The van der Waals surface area contributed by atoms with Crippen LogP contribution in [0.5, 0.6) is 5.75 Å². The Kier molecular flexibility index (Phi) is 5.25.